The molecule has 1 saturated heterocycles. The Morgan fingerprint density at radius 3 is 2.70 bits per heavy atom. The first-order valence-electron chi connectivity index (χ1n) is 7.14. The summed E-state index contributed by atoms with van der Waals surface area (Å²) in [5.74, 6) is -2.18. The van der Waals surface area contributed by atoms with Crippen molar-refractivity contribution in [3.05, 3.63) is 12.3 Å². The normalized spacial score (nSPS) is 22.6. The lowest BCUT2D eigenvalue weighted by molar-refractivity contribution is -0.139. The Hall–Kier alpha value is -2.11. The number of nitrogens with zero attached hydrogens (tertiary/aromatic N) is 1. The molecule has 0 aromatic carbocycles. The van der Waals surface area contributed by atoms with Crippen LogP contribution in [0.2, 0.25) is 0 Å². The minimum absolute atomic E-state index is 0.0994. The zero-order valence-electron chi connectivity index (χ0n) is 12.6. The lowest BCUT2D eigenvalue weighted by Crippen LogP contribution is -2.55. The lowest BCUT2D eigenvalue weighted by atomic mass is 9.72. The Morgan fingerprint density at radius 1 is 1.43 bits per heavy atom. The van der Waals surface area contributed by atoms with E-state index in [1.54, 1.807) is 6.08 Å². The van der Waals surface area contributed by atoms with E-state index in [4.69, 9.17) is 27.0 Å². The zero-order valence-corrected chi connectivity index (χ0v) is 12.6. The van der Waals surface area contributed by atoms with Gasteiger partial charge in [-0.3, -0.25) is 9.59 Å². The van der Waals surface area contributed by atoms with Crippen molar-refractivity contribution in [2.24, 2.45) is 22.2 Å². The number of guanidine groups is 1. The van der Waals surface area contributed by atoms with E-state index in [0.717, 1.165) is 0 Å². The first-order chi connectivity index (χ1) is 10.8. The fourth-order valence-corrected chi connectivity index (χ4v) is 2.10. The summed E-state index contributed by atoms with van der Waals surface area (Å²) in [5, 5.41) is 21.1. The van der Waals surface area contributed by atoms with Crippen molar-refractivity contribution in [1.29, 1.82) is 0 Å². The first-order valence-corrected chi connectivity index (χ1v) is 7.14. The number of aliphatic carboxylic acids is 1. The third kappa shape index (κ3) is 7.13. The average Bonchev–Trinajstić information content (AvgIpc) is 2.45. The van der Waals surface area contributed by atoms with Crippen LogP contribution in [0.5, 0.6) is 0 Å². The predicted molar refractivity (Wildman–Crippen MR) is 83.8 cm³/mol. The molecule has 0 aliphatic carbocycles. The highest BCUT2D eigenvalue weighted by Crippen LogP contribution is 2.18. The van der Waals surface area contributed by atoms with E-state index in [9.17, 15) is 14.6 Å². The van der Waals surface area contributed by atoms with Gasteiger partial charge in [-0.05, 0) is 19.3 Å². The number of carboxylic acid groups (broad SMARTS) is 1. The number of amides is 1. The molecule has 0 aromatic rings. The van der Waals surface area contributed by atoms with Crippen molar-refractivity contribution in [3.8, 4) is 0 Å². The number of carboxylic acids is 1. The molecule has 0 saturated carbocycles. The van der Waals surface area contributed by atoms with E-state index in [-0.39, 0.29) is 18.8 Å². The van der Waals surface area contributed by atoms with Gasteiger partial charge in [-0.15, -0.1) is 0 Å². The Morgan fingerprint density at radius 2 is 2.13 bits per heavy atom. The van der Waals surface area contributed by atoms with E-state index >= 15 is 0 Å². The second kappa shape index (κ2) is 9.13. The Kier molecular flexibility index (Phi) is 7.52. The maximum atomic E-state index is 11.9. The molecule has 1 aliphatic rings. The molecular formula is C12H22BN5O5. The molecule has 1 heterocycles. The standard InChI is InChI=1S/C12H22BN5O5/c14-8(2-1-5-17-12(15)16)11(21)18-9-4-3-7(6-10(19)20)23-13(9)22/h1,5,7-9,22H,2-4,6,14H2,(H,18,21)(H,19,20)(H4,15,16,17)/b5-1+/t7-,8+,9-/m0/s1. The zero-order chi connectivity index (χ0) is 17.4. The number of carbonyl (C=O) groups is 2. The smallest absolute Gasteiger partial charge is 0.478 e. The highest BCUT2D eigenvalue weighted by molar-refractivity contribution is 6.45. The Labute approximate surface area is 133 Å². The molecule has 128 valence electrons. The van der Waals surface area contributed by atoms with Gasteiger partial charge in [0.1, 0.15) is 0 Å². The summed E-state index contributed by atoms with van der Waals surface area (Å²) in [7, 11) is -1.26. The van der Waals surface area contributed by atoms with Crippen LogP contribution in [0.15, 0.2) is 17.3 Å². The minimum Gasteiger partial charge on any atom is -0.481 e. The summed E-state index contributed by atoms with van der Waals surface area (Å²) in [5.41, 5.74) is 16.0. The van der Waals surface area contributed by atoms with Crippen LogP contribution in [-0.2, 0) is 14.2 Å². The molecule has 10 nitrogen and oxygen atoms in total. The second-order valence-corrected chi connectivity index (χ2v) is 5.22. The van der Waals surface area contributed by atoms with Gasteiger partial charge in [-0.1, -0.05) is 6.08 Å². The summed E-state index contributed by atoms with van der Waals surface area (Å²) in [6.45, 7) is 0. The van der Waals surface area contributed by atoms with Gasteiger partial charge in [-0.2, -0.15) is 0 Å². The highest BCUT2D eigenvalue weighted by atomic mass is 16.5. The van der Waals surface area contributed by atoms with Gasteiger partial charge in [0.25, 0.3) is 0 Å². The van der Waals surface area contributed by atoms with E-state index in [0.29, 0.717) is 12.8 Å². The third-order valence-corrected chi connectivity index (χ3v) is 3.26. The molecule has 1 aliphatic heterocycles. The van der Waals surface area contributed by atoms with E-state index in [2.05, 4.69) is 10.3 Å². The average molecular weight is 327 g/mol. The number of hydrogen-bond acceptors (Lipinski definition) is 6. The maximum Gasteiger partial charge on any atom is 0.478 e. The van der Waals surface area contributed by atoms with Gasteiger partial charge >= 0.3 is 13.1 Å². The van der Waals surface area contributed by atoms with Crippen molar-refractivity contribution in [1.82, 2.24) is 5.32 Å². The van der Waals surface area contributed by atoms with Gasteiger partial charge in [0.15, 0.2) is 5.96 Å². The van der Waals surface area contributed by atoms with Crippen LogP contribution < -0.4 is 22.5 Å². The summed E-state index contributed by atoms with van der Waals surface area (Å²) in [6, 6.07) is -0.829. The molecule has 3 atom stereocenters. The van der Waals surface area contributed by atoms with Crippen molar-refractivity contribution < 1.29 is 24.4 Å². The summed E-state index contributed by atoms with van der Waals surface area (Å²) in [4.78, 5) is 26.2. The van der Waals surface area contributed by atoms with Gasteiger partial charge in [0.2, 0.25) is 5.91 Å². The van der Waals surface area contributed by atoms with Crippen LogP contribution in [0.1, 0.15) is 25.7 Å². The van der Waals surface area contributed by atoms with Crippen LogP contribution in [0.25, 0.3) is 0 Å². The molecule has 0 radical (unpaired) electrons. The fraction of sp³-hybridized carbons (Fsp3) is 0.583. The van der Waals surface area contributed by atoms with Crippen LogP contribution in [0.3, 0.4) is 0 Å². The van der Waals surface area contributed by atoms with Crippen molar-refractivity contribution in [2.75, 3.05) is 0 Å². The molecule has 1 rings (SSSR count). The molecule has 0 spiro atoms. The van der Waals surface area contributed by atoms with Crippen LogP contribution >= 0.6 is 0 Å². The van der Waals surface area contributed by atoms with Crippen LogP contribution in [0, 0.1) is 0 Å². The number of rotatable bonds is 7. The molecule has 0 aromatic heterocycles. The number of nitrogens with one attached hydrogen (secondary N) is 1. The van der Waals surface area contributed by atoms with Gasteiger partial charge in [0.05, 0.1) is 24.5 Å². The molecular weight excluding hydrogens is 305 g/mol. The SMILES string of the molecule is NC(N)=N/C=C/C[C@@H](N)C(=O)N[C@H]1CC[C@@H](CC(=O)O)OB1O. The maximum absolute atomic E-state index is 11.9. The van der Waals surface area contributed by atoms with Crippen molar-refractivity contribution >= 4 is 25.0 Å². The number of nitrogens with two attached hydrogens (primary N) is 3. The predicted octanol–water partition coefficient (Wildman–Crippen LogP) is -2.35. The fourth-order valence-electron chi connectivity index (χ4n) is 2.10. The van der Waals surface area contributed by atoms with Crippen LogP contribution in [0.4, 0.5) is 0 Å². The Bertz CT molecular complexity index is 482. The molecule has 11 heteroatoms. The number of carbonyl (C=O) groups excluding carboxylic acids is 1. The number of hydrogen-bond donors (Lipinski definition) is 6. The molecule has 1 amide bonds. The van der Waals surface area contributed by atoms with Crippen LogP contribution in [-0.4, -0.2) is 53.2 Å². The quantitative estimate of drug-likeness (QED) is 0.170. The van der Waals surface area contributed by atoms with E-state index in [1.807, 2.05) is 0 Å². The largest absolute Gasteiger partial charge is 0.481 e. The first kappa shape index (κ1) is 18.9. The van der Waals surface area contributed by atoms with Gasteiger partial charge in [-0.25, -0.2) is 4.99 Å². The highest BCUT2D eigenvalue weighted by Gasteiger charge is 2.37. The molecule has 9 N–H and O–H groups in total. The molecule has 0 unspecified atom stereocenters. The molecule has 23 heavy (non-hydrogen) atoms. The topological polar surface area (TPSA) is 186 Å². The van der Waals surface area contributed by atoms with E-state index < -0.39 is 37.1 Å². The van der Waals surface area contributed by atoms with E-state index in [1.165, 1.54) is 6.20 Å². The lowest BCUT2D eigenvalue weighted by Gasteiger charge is -2.31. The molecule has 0 bridgehead atoms. The van der Waals surface area contributed by atoms with Crippen molar-refractivity contribution in [2.45, 2.75) is 43.8 Å². The molecule has 1 fully saturated rings. The van der Waals surface area contributed by atoms with Gasteiger partial charge < -0.3 is 37.3 Å². The number of aliphatic imine (C=N–C) groups is 1. The monoisotopic (exact) mass is 327 g/mol. The summed E-state index contributed by atoms with van der Waals surface area (Å²) < 4.78 is 5.17. The Balaban J connectivity index is 2.40. The third-order valence-electron chi connectivity index (χ3n) is 3.26. The minimum atomic E-state index is -1.26. The second-order valence-electron chi connectivity index (χ2n) is 5.22. The van der Waals surface area contributed by atoms with Crippen molar-refractivity contribution in [3.63, 3.8) is 0 Å². The van der Waals surface area contributed by atoms with Gasteiger partial charge in [0, 0.05) is 6.20 Å². The summed E-state index contributed by atoms with van der Waals surface area (Å²) in [6.07, 6.45) is 3.18. The summed E-state index contributed by atoms with van der Waals surface area (Å²) >= 11 is 0.